The maximum absolute atomic E-state index is 12.0. The highest BCUT2D eigenvalue weighted by Crippen LogP contribution is 2.11. The summed E-state index contributed by atoms with van der Waals surface area (Å²) in [5.74, 6) is 0. The molecule has 0 bridgehead atoms. The first-order chi connectivity index (χ1) is 9.02. The lowest BCUT2D eigenvalue weighted by Crippen LogP contribution is -2.43. The summed E-state index contributed by atoms with van der Waals surface area (Å²) in [6.45, 7) is 4.08. The summed E-state index contributed by atoms with van der Waals surface area (Å²) in [6.07, 6.45) is 0. The fourth-order valence-corrected chi connectivity index (χ4v) is 2.38. The molecule has 0 atom stereocenters. The van der Waals surface area contributed by atoms with Crippen molar-refractivity contribution in [1.29, 1.82) is 0 Å². The van der Waals surface area contributed by atoms with Gasteiger partial charge in [-0.25, -0.2) is 9.36 Å². The first-order valence-corrected chi connectivity index (χ1v) is 6.73. The van der Waals surface area contributed by atoms with E-state index in [1.54, 1.807) is 0 Å². The van der Waals surface area contributed by atoms with Gasteiger partial charge in [-0.2, -0.15) is 0 Å². The van der Waals surface area contributed by atoms with Gasteiger partial charge in [-0.1, -0.05) is 23.2 Å². The topological polar surface area (TPSA) is 56.5 Å². The summed E-state index contributed by atoms with van der Waals surface area (Å²) >= 11 is 11.5. The van der Waals surface area contributed by atoms with E-state index in [1.807, 2.05) is 0 Å². The van der Waals surface area contributed by atoms with E-state index < -0.39 is 11.1 Å². The Bertz CT molecular complexity index is 579. The van der Waals surface area contributed by atoms with Crippen molar-refractivity contribution < 1.29 is 4.74 Å². The predicted molar refractivity (Wildman–Crippen MR) is 80.5 cm³/mol. The highest BCUT2D eigenvalue weighted by Gasteiger charge is 2.16. The zero-order valence-corrected chi connectivity index (χ0v) is 13.3. The summed E-state index contributed by atoms with van der Waals surface area (Å²) in [7, 11) is 1.51. The molecular weight excluding hydrogens is 328 g/mol. The third-order valence-corrected chi connectivity index (χ3v) is 3.99. The molecule has 0 aliphatic carbocycles. The number of rotatable bonds is 3. The Morgan fingerprint density at radius 1 is 1.05 bits per heavy atom. The van der Waals surface area contributed by atoms with Gasteiger partial charge in [0.05, 0.1) is 19.8 Å². The number of hydrogen-bond acceptors (Lipinski definition) is 4. The Morgan fingerprint density at radius 2 is 1.60 bits per heavy atom. The van der Waals surface area contributed by atoms with Crippen LogP contribution in [-0.2, 0) is 18.3 Å². The number of morpholine rings is 1. The molecule has 0 N–H and O–H groups in total. The van der Waals surface area contributed by atoms with Crippen LogP contribution < -0.4 is 11.1 Å². The molecular formula is C11H16Cl3N3O3. The van der Waals surface area contributed by atoms with Crippen LogP contribution in [0.4, 0.5) is 0 Å². The molecule has 1 aliphatic rings. The van der Waals surface area contributed by atoms with Gasteiger partial charge < -0.3 is 4.74 Å². The maximum Gasteiger partial charge on any atom is 0.285 e. The molecule has 2 heterocycles. The highest BCUT2D eigenvalue weighted by molar-refractivity contribution is 6.41. The van der Waals surface area contributed by atoms with Crippen molar-refractivity contribution in [2.24, 2.45) is 7.05 Å². The lowest BCUT2D eigenvalue weighted by atomic mass is 10.4. The molecule has 1 aliphatic heterocycles. The van der Waals surface area contributed by atoms with Crippen molar-refractivity contribution >= 4 is 35.6 Å². The standard InChI is InChI=1S/C11H15Cl2N3O3.ClH/c1-14-10(17)8(12)9(13)11(18)16(14)3-2-15-4-6-19-7-5-15;/h2-7H2,1H3;1H. The average Bonchev–Trinajstić information content (AvgIpc) is 2.44. The summed E-state index contributed by atoms with van der Waals surface area (Å²) in [4.78, 5) is 25.9. The van der Waals surface area contributed by atoms with Crippen LogP contribution in [0.2, 0.25) is 10.0 Å². The molecule has 1 fully saturated rings. The second kappa shape index (κ2) is 7.47. The smallest absolute Gasteiger partial charge is 0.285 e. The summed E-state index contributed by atoms with van der Waals surface area (Å²) in [5, 5.41) is -0.441. The Morgan fingerprint density at radius 3 is 2.20 bits per heavy atom. The van der Waals surface area contributed by atoms with Crippen molar-refractivity contribution in [3.63, 3.8) is 0 Å². The van der Waals surface area contributed by atoms with E-state index in [-0.39, 0.29) is 22.5 Å². The summed E-state index contributed by atoms with van der Waals surface area (Å²) in [5.41, 5.74) is -0.907. The van der Waals surface area contributed by atoms with E-state index in [0.29, 0.717) is 26.3 Å². The molecule has 114 valence electrons. The van der Waals surface area contributed by atoms with Gasteiger partial charge in [-0.05, 0) is 0 Å². The molecule has 0 saturated carbocycles. The van der Waals surface area contributed by atoms with Gasteiger partial charge in [0.15, 0.2) is 0 Å². The van der Waals surface area contributed by atoms with Crippen LogP contribution in [0, 0.1) is 0 Å². The lowest BCUT2D eigenvalue weighted by molar-refractivity contribution is 0.0353. The van der Waals surface area contributed by atoms with Gasteiger partial charge in [0.2, 0.25) is 0 Å². The van der Waals surface area contributed by atoms with Gasteiger partial charge in [0, 0.05) is 26.7 Å². The van der Waals surface area contributed by atoms with Gasteiger partial charge in [0.25, 0.3) is 11.1 Å². The molecule has 20 heavy (non-hydrogen) atoms. The molecule has 1 saturated heterocycles. The molecule has 1 aromatic heterocycles. The summed E-state index contributed by atoms with van der Waals surface area (Å²) < 4.78 is 7.77. The zero-order chi connectivity index (χ0) is 14.0. The minimum Gasteiger partial charge on any atom is -0.379 e. The van der Waals surface area contributed by atoms with Crippen LogP contribution in [0.1, 0.15) is 0 Å². The molecule has 6 nitrogen and oxygen atoms in total. The van der Waals surface area contributed by atoms with Crippen molar-refractivity contribution in [2.75, 3.05) is 32.8 Å². The molecule has 0 radical (unpaired) electrons. The molecule has 9 heteroatoms. The largest absolute Gasteiger partial charge is 0.379 e. The van der Waals surface area contributed by atoms with Crippen LogP contribution in [0.15, 0.2) is 9.59 Å². The molecule has 0 aromatic carbocycles. The number of hydrogen-bond donors (Lipinski definition) is 0. The van der Waals surface area contributed by atoms with Gasteiger partial charge in [0.1, 0.15) is 10.0 Å². The first-order valence-electron chi connectivity index (χ1n) is 5.97. The fourth-order valence-electron chi connectivity index (χ4n) is 2.00. The number of halogens is 3. The average molecular weight is 345 g/mol. The molecule has 0 amide bonds. The van der Waals surface area contributed by atoms with Gasteiger partial charge in [-0.15, -0.1) is 12.4 Å². The van der Waals surface area contributed by atoms with E-state index >= 15 is 0 Å². The minimum absolute atomic E-state index is 0. The van der Waals surface area contributed by atoms with E-state index in [0.717, 1.165) is 13.1 Å². The Hall–Kier alpha value is -0.530. The van der Waals surface area contributed by atoms with Crippen molar-refractivity contribution in [2.45, 2.75) is 6.54 Å². The number of nitrogens with zero attached hydrogens (tertiary/aromatic N) is 3. The minimum atomic E-state index is -0.465. The maximum atomic E-state index is 12.0. The number of ether oxygens (including phenoxy) is 1. The van der Waals surface area contributed by atoms with E-state index in [1.165, 1.54) is 16.4 Å². The third kappa shape index (κ3) is 3.56. The van der Waals surface area contributed by atoms with Gasteiger partial charge in [-0.3, -0.25) is 14.5 Å². The van der Waals surface area contributed by atoms with Crippen molar-refractivity contribution in [1.82, 2.24) is 14.3 Å². The van der Waals surface area contributed by atoms with Crippen molar-refractivity contribution in [3.8, 4) is 0 Å². The third-order valence-electron chi connectivity index (χ3n) is 3.19. The van der Waals surface area contributed by atoms with Crippen LogP contribution >= 0.6 is 35.6 Å². The second-order valence-corrected chi connectivity index (χ2v) is 5.09. The fraction of sp³-hybridized carbons (Fsp3) is 0.636. The van der Waals surface area contributed by atoms with Gasteiger partial charge >= 0.3 is 0 Å². The number of aromatic nitrogens is 2. The van der Waals surface area contributed by atoms with Crippen LogP contribution in [-0.4, -0.2) is 47.1 Å². The highest BCUT2D eigenvalue weighted by atomic mass is 35.5. The normalized spacial score (nSPS) is 15.9. The SMILES string of the molecule is Cl.Cn1c(=O)c(Cl)c(Cl)c(=O)n1CCN1CCOCC1. The van der Waals surface area contributed by atoms with Crippen LogP contribution in [0.3, 0.4) is 0 Å². The Kier molecular flexibility index (Phi) is 6.54. The van der Waals surface area contributed by atoms with Crippen LogP contribution in [0.5, 0.6) is 0 Å². The first kappa shape index (κ1) is 17.5. The van der Waals surface area contributed by atoms with E-state index in [9.17, 15) is 9.59 Å². The Balaban J connectivity index is 0.00000200. The predicted octanol–water partition coefficient (Wildman–Crippen LogP) is 0.608. The second-order valence-electron chi connectivity index (χ2n) is 4.34. The quantitative estimate of drug-likeness (QED) is 0.806. The van der Waals surface area contributed by atoms with E-state index in [4.69, 9.17) is 27.9 Å². The molecule has 0 spiro atoms. The lowest BCUT2D eigenvalue weighted by Gasteiger charge is -2.27. The Labute approximate surface area is 132 Å². The van der Waals surface area contributed by atoms with Crippen molar-refractivity contribution in [3.05, 3.63) is 30.8 Å². The zero-order valence-electron chi connectivity index (χ0n) is 11.0. The molecule has 1 aromatic rings. The molecule has 2 rings (SSSR count). The monoisotopic (exact) mass is 343 g/mol. The molecule has 0 unspecified atom stereocenters. The van der Waals surface area contributed by atoms with E-state index in [2.05, 4.69) is 4.90 Å². The summed E-state index contributed by atoms with van der Waals surface area (Å²) in [6, 6.07) is 0. The van der Waals surface area contributed by atoms with Crippen LogP contribution in [0.25, 0.3) is 0 Å².